The first kappa shape index (κ1) is 32.9. The molecule has 1 aliphatic carbocycles. The first-order valence-corrected chi connectivity index (χ1v) is 16.6. The van der Waals surface area contributed by atoms with Crippen LogP contribution in [0.15, 0.2) is 77.2 Å². The van der Waals surface area contributed by atoms with Gasteiger partial charge in [0, 0.05) is 91.3 Å². The molecule has 1 amide bonds. The predicted molar refractivity (Wildman–Crippen MR) is 186 cm³/mol. The lowest BCUT2D eigenvalue weighted by Crippen LogP contribution is -2.49. The Bertz CT molecular complexity index is 1760. The van der Waals surface area contributed by atoms with Gasteiger partial charge in [-0.05, 0) is 64.4 Å². The maximum Gasteiger partial charge on any atom is 0.333 e. The summed E-state index contributed by atoms with van der Waals surface area (Å²) in [6.45, 7) is 21.1. The van der Waals surface area contributed by atoms with Gasteiger partial charge >= 0.3 is 5.97 Å². The number of hydrogen-bond acceptors (Lipinski definition) is 6. The summed E-state index contributed by atoms with van der Waals surface area (Å²) in [5.74, 6) is 0.449. The summed E-state index contributed by atoms with van der Waals surface area (Å²) in [6.07, 6.45) is 0. The third kappa shape index (κ3) is 6.87. The first-order valence-electron chi connectivity index (χ1n) is 16.6. The SMILES string of the molecule is C=C(C)C(=O)OCCN1CCN(C(=O)c2ccccc2-c2c3ccc(=[N+](CC)CC)cc-3oc3cc(N(CC)CC)ccc23)CC1. The Morgan fingerprint density at radius 3 is 2.30 bits per heavy atom. The average Bonchev–Trinajstić information content (AvgIpc) is 3.08. The van der Waals surface area contributed by atoms with Crippen molar-refractivity contribution in [1.82, 2.24) is 14.4 Å². The number of piperazine rings is 1. The van der Waals surface area contributed by atoms with E-state index in [1.54, 1.807) is 6.92 Å². The fraction of sp³-hybridized carbons (Fsp3) is 0.395. The van der Waals surface area contributed by atoms with Gasteiger partial charge in [-0.25, -0.2) is 9.37 Å². The zero-order valence-corrected chi connectivity index (χ0v) is 28.0. The van der Waals surface area contributed by atoms with Crippen molar-refractivity contribution in [2.24, 2.45) is 0 Å². The fourth-order valence-electron chi connectivity index (χ4n) is 6.35. The predicted octanol–water partition coefficient (Wildman–Crippen LogP) is 5.74. The Balaban J connectivity index is 1.54. The molecule has 3 aliphatic rings. The average molecular weight is 624 g/mol. The number of hydrogen-bond donors (Lipinski definition) is 0. The standard InChI is InChI=1S/C38H47N4O4/c1-7-40(8-2)28-15-17-32-34(25-28)46-35-26-29(41(9-3)10-4)16-18-33(35)36(32)30-13-11-12-14-31(30)37(43)42-21-19-39(20-22-42)23-24-45-38(44)27(5)6/h11-18,25-26H,5,7-10,19-24H2,1-4,6H3/q+1. The zero-order chi connectivity index (χ0) is 32.8. The van der Waals surface area contributed by atoms with Gasteiger partial charge in [0.05, 0.1) is 6.07 Å². The molecule has 2 aromatic carbocycles. The third-order valence-electron chi connectivity index (χ3n) is 9.02. The van der Waals surface area contributed by atoms with E-state index in [0.29, 0.717) is 37.4 Å². The Labute approximate surface area is 272 Å². The number of rotatable bonds is 11. The highest BCUT2D eigenvalue weighted by molar-refractivity contribution is 6.09. The molecule has 2 heterocycles. The molecule has 0 spiro atoms. The maximum atomic E-state index is 14.2. The van der Waals surface area contributed by atoms with Crippen LogP contribution in [0.25, 0.3) is 33.4 Å². The molecule has 0 aromatic heterocycles. The van der Waals surface area contributed by atoms with Crippen molar-refractivity contribution in [3.8, 4) is 22.5 Å². The highest BCUT2D eigenvalue weighted by Gasteiger charge is 2.27. The van der Waals surface area contributed by atoms with Gasteiger partial charge in [-0.1, -0.05) is 24.8 Å². The van der Waals surface area contributed by atoms with E-state index in [1.807, 2.05) is 23.1 Å². The number of anilines is 1. The molecule has 2 aromatic rings. The van der Waals surface area contributed by atoms with Gasteiger partial charge in [-0.15, -0.1) is 0 Å². The number of carbonyl (C=O) groups is 2. The summed E-state index contributed by atoms with van der Waals surface area (Å²) < 4.78 is 14.3. The number of nitrogens with zero attached hydrogens (tertiary/aromatic N) is 4. The molecule has 1 saturated heterocycles. The van der Waals surface area contributed by atoms with E-state index in [4.69, 9.17) is 9.15 Å². The van der Waals surface area contributed by atoms with E-state index in [0.717, 1.165) is 83.7 Å². The maximum absolute atomic E-state index is 14.2. The van der Waals surface area contributed by atoms with Gasteiger partial charge in [0.2, 0.25) is 5.36 Å². The van der Waals surface area contributed by atoms with Gasteiger partial charge in [0.1, 0.15) is 31.0 Å². The van der Waals surface area contributed by atoms with Gasteiger partial charge in [0.25, 0.3) is 5.91 Å². The Morgan fingerprint density at radius 1 is 0.913 bits per heavy atom. The van der Waals surface area contributed by atoms with E-state index in [9.17, 15) is 9.59 Å². The second-order valence-electron chi connectivity index (χ2n) is 11.8. The molecule has 0 saturated carbocycles. The van der Waals surface area contributed by atoms with Gasteiger partial charge in [-0.2, -0.15) is 0 Å². The highest BCUT2D eigenvalue weighted by atomic mass is 16.5. The Hall–Kier alpha value is -4.43. The lowest BCUT2D eigenvalue weighted by molar-refractivity contribution is -0.139. The molecule has 46 heavy (non-hydrogen) atoms. The summed E-state index contributed by atoms with van der Waals surface area (Å²) in [5, 5.41) is 2.09. The van der Waals surface area contributed by atoms with Crippen molar-refractivity contribution in [2.45, 2.75) is 34.6 Å². The van der Waals surface area contributed by atoms with Crippen LogP contribution in [-0.4, -0.2) is 87.2 Å². The molecule has 0 radical (unpaired) electrons. The van der Waals surface area contributed by atoms with Crippen LogP contribution in [0.4, 0.5) is 5.69 Å². The molecular weight excluding hydrogens is 576 g/mol. The first-order chi connectivity index (χ1) is 22.3. The monoisotopic (exact) mass is 623 g/mol. The van der Waals surface area contributed by atoms with Crippen LogP contribution in [0, 0.1) is 0 Å². The summed E-state index contributed by atoms with van der Waals surface area (Å²) in [7, 11) is 0. The van der Waals surface area contributed by atoms with Crippen molar-refractivity contribution in [1.29, 1.82) is 0 Å². The van der Waals surface area contributed by atoms with Crippen LogP contribution >= 0.6 is 0 Å². The molecule has 8 nitrogen and oxygen atoms in total. The van der Waals surface area contributed by atoms with E-state index < -0.39 is 0 Å². The lowest BCUT2D eigenvalue weighted by Gasteiger charge is -2.35. The molecule has 0 bridgehead atoms. The number of ether oxygens (including phenoxy) is 1. The molecule has 0 atom stereocenters. The van der Waals surface area contributed by atoms with E-state index in [-0.39, 0.29) is 11.9 Å². The molecule has 1 fully saturated rings. The van der Waals surface area contributed by atoms with Crippen molar-refractivity contribution in [2.75, 3.05) is 70.4 Å². The minimum absolute atomic E-state index is 0.0191. The zero-order valence-electron chi connectivity index (χ0n) is 28.0. The Kier molecular flexibility index (Phi) is 10.6. The molecule has 0 unspecified atom stereocenters. The van der Waals surface area contributed by atoms with E-state index >= 15 is 0 Å². The molecule has 5 rings (SSSR count). The Morgan fingerprint density at radius 2 is 1.63 bits per heavy atom. The molecule has 2 aliphatic heterocycles. The van der Waals surface area contributed by atoms with Crippen LogP contribution in [0.1, 0.15) is 45.0 Å². The number of benzene rings is 3. The second kappa shape index (κ2) is 14.8. The van der Waals surface area contributed by atoms with E-state index in [2.05, 4.69) is 91.1 Å². The van der Waals surface area contributed by atoms with E-state index in [1.165, 1.54) is 0 Å². The van der Waals surface area contributed by atoms with Crippen LogP contribution in [0.3, 0.4) is 0 Å². The number of esters is 1. The molecular formula is C38H47N4O4+. The van der Waals surface area contributed by atoms with Crippen molar-refractivity contribution < 1.29 is 18.7 Å². The number of amides is 1. The molecule has 242 valence electrons. The summed E-state index contributed by atoms with van der Waals surface area (Å²) >= 11 is 0. The second-order valence-corrected chi connectivity index (χ2v) is 11.8. The van der Waals surface area contributed by atoms with Crippen LogP contribution in [0.2, 0.25) is 0 Å². The van der Waals surface area contributed by atoms with Crippen molar-refractivity contribution in [3.05, 3.63) is 83.7 Å². The van der Waals surface area contributed by atoms with Gasteiger partial charge in [0.15, 0.2) is 0 Å². The highest BCUT2D eigenvalue weighted by Crippen LogP contribution is 2.42. The van der Waals surface area contributed by atoms with Crippen LogP contribution < -0.4 is 14.8 Å². The smallest absolute Gasteiger partial charge is 0.333 e. The molecule has 8 heteroatoms. The van der Waals surface area contributed by atoms with Gasteiger partial charge < -0.3 is 19.0 Å². The largest absolute Gasteiger partial charge is 0.461 e. The minimum atomic E-state index is -0.368. The fourth-order valence-corrected chi connectivity index (χ4v) is 6.35. The summed E-state index contributed by atoms with van der Waals surface area (Å²) in [6, 6.07) is 20.8. The third-order valence-corrected chi connectivity index (χ3v) is 9.02. The topological polar surface area (TPSA) is 69.2 Å². The summed E-state index contributed by atoms with van der Waals surface area (Å²) in [4.78, 5) is 32.4. The quantitative estimate of drug-likeness (QED) is 0.0919. The van der Waals surface area contributed by atoms with Crippen molar-refractivity contribution >= 4 is 28.5 Å². The van der Waals surface area contributed by atoms with Crippen molar-refractivity contribution in [3.63, 3.8) is 0 Å². The molecule has 0 N–H and O–H groups in total. The lowest BCUT2D eigenvalue weighted by atomic mass is 9.90. The minimum Gasteiger partial charge on any atom is -0.461 e. The summed E-state index contributed by atoms with van der Waals surface area (Å²) in [5.41, 5.74) is 5.88. The number of carbonyl (C=O) groups excluding carboxylic acids is 2. The van der Waals surface area contributed by atoms with Crippen LogP contribution in [0.5, 0.6) is 0 Å². The van der Waals surface area contributed by atoms with Gasteiger partial charge in [-0.3, -0.25) is 9.69 Å². The normalized spacial score (nSPS) is 13.6. The number of fused-ring (bicyclic) bond motifs is 2. The van der Waals surface area contributed by atoms with Crippen LogP contribution in [-0.2, 0) is 9.53 Å².